The molecule has 1 saturated carbocycles. The molecule has 3 rings (SSSR count). The lowest BCUT2D eigenvalue weighted by molar-refractivity contribution is -0.128. The fraction of sp³-hybridized carbons (Fsp3) is 0.500. The molecule has 6 nitrogen and oxygen atoms in total. The van der Waals surface area contributed by atoms with E-state index >= 15 is 0 Å². The van der Waals surface area contributed by atoms with Crippen molar-refractivity contribution in [3.63, 3.8) is 0 Å². The zero-order valence-corrected chi connectivity index (χ0v) is 12.7. The van der Waals surface area contributed by atoms with Crippen LogP contribution in [0.1, 0.15) is 24.8 Å². The lowest BCUT2D eigenvalue weighted by Crippen LogP contribution is -2.43. The molecule has 0 unspecified atom stereocenters. The Morgan fingerprint density at radius 3 is 2.68 bits per heavy atom. The van der Waals surface area contributed by atoms with Crippen molar-refractivity contribution in [2.45, 2.75) is 37.9 Å². The number of nitrogens with zero attached hydrogens (tertiary/aromatic N) is 1. The van der Waals surface area contributed by atoms with Crippen molar-refractivity contribution in [3.05, 3.63) is 29.8 Å². The zero-order chi connectivity index (χ0) is 15.5. The molecule has 1 aromatic rings. The van der Waals surface area contributed by atoms with Gasteiger partial charge in [0.05, 0.1) is 13.2 Å². The molecule has 0 bridgehead atoms. The van der Waals surface area contributed by atoms with E-state index in [2.05, 4.69) is 10.6 Å². The average Bonchev–Trinajstić information content (AvgIpc) is 3.30. The smallest absolute Gasteiger partial charge is 0.315 e. The minimum Gasteiger partial charge on any atom is -0.497 e. The number of hydrogen-bond acceptors (Lipinski definition) is 3. The van der Waals surface area contributed by atoms with Gasteiger partial charge in [-0.2, -0.15) is 0 Å². The molecule has 0 spiro atoms. The van der Waals surface area contributed by atoms with E-state index in [-0.39, 0.29) is 18.0 Å². The number of carbonyl (C=O) groups excluding carboxylic acids is 2. The van der Waals surface area contributed by atoms with Crippen molar-refractivity contribution in [2.24, 2.45) is 0 Å². The Hall–Kier alpha value is -2.24. The topological polar surface area (TPSA) is 70.7 Å². The van der Waals surface area contributed by atoms with Crippen LogP contribution in [-0.4, -0.2) is 42.6 Å². The molecule has 1 heterocycles. The highest BCUT2D eigenvalue weighted by atomic mass is 16.5. The molecular formula is C16H21N3O3. The summed E-state index contributed by atoms with van der Waals surface area (Å²) in [5.74, 6) is 0.945. The fourth-order valence-electron chi connectivity index (χ4n) is 2.73. The van der Waals surface area contributed by atoms with Gasteiger partial charge in [0, 0.05) is 25.6 Å². The van der Waals surface area contributed by atoms with Gasteiger partial charge in [0.15, 0.2) is 0 Å². The first-order valence-electron chi connectivity index (χ1n) is 7.62. The third-order valence-corrected chi connectivity index (χ3v) is 4.09. The predicted octanol–water partition coefficient (Wildman–Crippen LogP) is 1.26. The second-order valence-electron chi connectivity index (χ2n) is 5.85. The Kier molecular flexibility index (Phi) is 4.18. The molecule has 6 heteroatoms. The number of urea groups is 1. The van der Waals surface area contributed by atoms with Gasteiger partial charge in [-0.25, -0.2) is 4.79 Å². The van der Waals surface area contributed by atoms with Crippen LogP contribution in [0.15, 0.2) is 24.3 Å². The Morgan fingerprint density at radius 2 is 2.05 bits per heavy atom. The van der Waals surface area contributed by atoms with Gasteiger partial charge >= 0.3 is 6.03 Å². The largest absolute Gasteiger partial charge is 0.497 e. The standard InChI is InChI=1S/C16H21N3O3/c1-22-14-6-2-11(3-7-14)9-17-16(21)18-12-8-15(20)19(10-12)13-4-5-13/h2-3,6-7,12-13H,4-5,8-10H2,1H3,(H2,17,18,21)/t12-/m0/s1. The van der Waals surface area contributed by atoms with Crippen molar-refractivity contribution >= 4 is 11.9 Å². The SMILES string of the molecule is COc1ccc(CNC(=O)N[C@H]2CC(=O)N(C3CC3)C2)cc1. The summed E-state index contributed by atoms with van der Waals surface area (Å²) in [4.78, 5) is 25.6. The van der Waals surface area contributed by atoms with Crippen LogP contribution in [0.3, 0.4) is 0 Å². The maximum atomic E-state index is 11.9. The zero-order valence-electron chi connectivity index (χ0n) is 12.7. The third-order valence-electron chi connectivity index (χ3n) is 4.09. The Balaban J connectivity index is 1.43. The molecule has 2 aliphatic rings. The summed E-state index contributed by atoms with van der Waals surface area (Å²) in [6.07, 6.45) is 2.61. The first-order valence-corrected chi connectivity index (χ1v) is 7.62. The molecule has 1 aromatic carbocycles. The summed E-state index contributed by atoms with van der Waals surface area (Å²) in [6, 6.07) is 7.65. The van der Waals surface area contributed by atoms with Gasteiger partial charge in [0.2, 0.25) is 5.91 Å². The van der Waals surface area contributed by atoms with Crippen LogP contribution in [0.4, 0.5) is 4.79 Å². The van der Waals surface area contributed by atoms with Crippen LogP contribution in [0.5, 0.6) is 5.75 Å². The summed E-state index contributed by atoms with van der Waals surface area (Å²) in [6.45, 7) is 1.09. The van der Waals surface area contributed by atoms with Crippen molar-refractivity contribution < 1.29 is 14.3 Å². The fourth-order valence-corrected chi connectivity index (χ4v) is 2.73. The molecule has 2 fully saturated rings. The molecule has 118 valence electrons. The quantitative estimate of drug-likeness (QED) is 0.860. The van der Waals surface area contributed by atoms with E-state index in [1.165, 1.54) is 0 Å². The first-order chi connectivity index (χ1) is 10.7. The Bertz CT molecular complexity index is 554. The van der Waals surface area contributed by atoms with Gasteiger partial charge < -0.3 is 20.3 Å². The average molecular weight is 303 g/mol. The summed E-state index contributed by atoms with van der Waals surface area (Å²) < 4.78 is 5.09. The molecule has 1 aliphatic heterocycles. The van der Waals surface area contributed by atoms with Gasteiger partial charge in [0.25, 0.3) is 0 Å². The summed E-state index contributed by atoms with van der Waals surface area (Å²) in [5.41, 5.74) is 0.998. The number of ether oxygens (including phenoxy) is 1. The van der Waals surface area contributed by atoms with Crippen molar-refractivity contribution in [3.8, 4) is 5.75 Å². The van der Waals surface area contributed by atoms with Crippen LogP contribution in [-0.2, 0) is 11.3 Å². The van der Waals surface area contributed by atoms with Gasteiger partial charge in [0.1, 0.15) is 5.75 Å². The lowest BCUT2D eigenvalue weighted by atomic mass is 10.2. The number of amides is 3. The van der Waals surface area contributed by atoms with E-state index in [4.69, 9.17) is 4.74 Å². The van der Waals surface area contributed by atoms with E-state index in [0.717, 1.165) is 24.2 Å². The number of carbonyl (C=O) groups is 2. The Labute approximate surface area is 129 Å². The minimum absolute atomic E-state index is 0.0797. The highest BCUT2D eigenvalue weighted by Gasteiger charge is 2.39. The minimum atomic E-state index is -0.230. The van der Waals surface area contributed by atoms with E-state index in [9.17, 15) is 9.59 Å². The highest BCUT2D eigenvalue weighted by molar-refractivity contribution is 5.82. The number of rotatable bonds is 5. The maximum Gasteiger partial charge on any atom is 0.315 e. The molecule has 0 radical (unpaired) electrons. The maximum absolute atomic E-state index is 11.9. The monoisotopic (exact) mass is 303 g/mol. The lowest BCUT2D eigenvalue weighted by Gasteiger charge is -2.16. The molecule has 3 amide bonds. The molecule has 0 aromatic heterocycles. The van der Waals surface area contributed by atoms with Crippen LogP contribution in [0, 0.1) is 0 Å². The van der Waals surface area contributed by atoms with Gasteiger partial charge in [-0.15, -0.1) is 0 Å². The summed E-state index contributed by atoms with van der Waals surface area (Å²) >= 11 is 0. The van der Waals surface area contributed by atoms with E-state index < -0.39 is 0 Å². The summed E-state index contributed by atoms with van der Waals surface area (Å²) in [5, 5.41) is 5.69. The van der Waals surface area contributed by atoms with Crippen LogP contribution < -0.4 is 15.4 Å². The van der Waals surface area contributed by atoms with Gasteiger partial charge in [-0.3, -0.25) is 4.79 Å². The first kappa shape index (κ1) is 14.7. The van der Waals surface area contributed by atoms with Gasteiger partial charge in [-0.05, 0) is 30.5 Å². The van der Waals surface area contributed by atoms with Crippen LogP contribution in [0.2, 0.25) is 0 Å². The molecule has 22 heavy (non-hydrogen) atoms. The van der Waals surface area contributed by atoms with Crippen molar-refractivity contribution in [1.82, 2.24) is 15.5 Å². The highest BCUT2D eigenvalue weighted by Crippen LogP contribution is 2.30. The van der Waals surface area contributed by atoms with Crippen molar-refractivity contribution in [2.75, 3.05) is 13.7 Å². The second kappa shape index (κ2) is 6.25. The Morgan fingerprint density at radius 1 is 1.32 bits per heavy atom. The van der Waals surface area contributed by atoms with E-state index in [0.29, 0.717) is 25.6 Å². The molecule has 1 atom stereocenters. The number of benzene rings is 1. The molecule has 2 N–H and O–H groups in total. The molecule has 1 saturated heterocycles. The third kappa shape index (κ3) is 3.50. The second-order valence-corrected chi connectivity index (χ2v) is 5.85. The molecule has 1 aliphatic carbocycles. The normalized spacial score (nSPS) is 20.9. The predicted molar refractivity (Wildman–Crippen MR) is 81.5 cm³/mol. The van der Waals surface area contributed by atoms with E-state index in [1.54, 1.807) is 7.11 Å². The van der Waals surface area contributed by atoms with Crippen LogP contribution >= 0.6 is 0 Å². The number of nitrogens with one attached hydrogen (secondary N) is 2. The molecular weight excluding hydrogens is 282 g/mol. The van der Waals surface area contributed by atoms with Crippen LogP contribution in [0.25, 0.3) is 0 Å². The number of methoxy groups -OCH3 is 1. The van der Waals surface area contributed by atoms with Gasteiger partial charge in [-0.1, -0.05) is 12.1 Å². The number of hydrogen-bond donors (Lipinski definition) is 2. The van der Waals surface area contributed by atoms with E-state index in [1.807, 2.05) is 29.2 Å². The summed E-state index contributed by atoms with van der Waals surface area (Å²) in [7, 11) is 1.62. The number of likely N-dealkylation sites (tertiary alicyclic amines) is 1. The van der Waals surface area contributed by atoms with Crippen molar-refractivity contribution in [1.29, 1.82) is 0 Å².